The zero-order valence-electron chi connectivity index (χ0n) is 14.7. The Morgan fingerprint density at radius 1 is 1.14 bits per heavy atom. The molecule has 2 rings (SSSR count). The van der Waals surface area contributed by atoms with E-state index in [0.29, 0.717) is 5.56 Å². The molecule has 0 radical (unpaired) electrons. The zero-order valence-corrected chi connectivity index (χ0v) is 17.8. The molecule has 1 N–H and O–H groups in total. The van der Waals surface area contributed by atoms with Crippen molar-refractivity contribution in [1.82, 2.24) is 5.32 Å². The zero-order chi connectivity index (χ0) is 14.1. The van der Waals surface area contributed by atoms with Gasteiger partial charge in [0, 0.05) is 23.9 Å². The van der Waals surface area contributed by atoms with Gasteiger partial charge < -0.3 is 11.5 Å². The fourth-order valence-electron chi connectivity index (χ4n) is 3.11. The first-order valence-electron chi connectivity index (χ1n) is 6.83. The molecule has 0 bridgehead atoms. The van der Waals surface area contributed by atoms with Gasteiger partial charge in [0.15, 0.2) is 0 Å². The van der Waals surface area contributed by atoms with Crippen LogP contribution in [0.15, 0.2) is 30.3 Å². The van der Waals surface area contributed by atoms with E-state index in [1.54, 1.807) is 12.1 Å². The third-order valence-electron chi connectivity index (χ3n) is 3.44. The quantitative estimate of drug-likeness (QED) is 0.559. The summed E-state index contributed by atoms with van der Waals surface area (Å²) in [5.41, 5.74) is 0.601. The molecular weight excluding hydrogens is 340 g/mol. The van der Waals surface area contributed by atoms with Gasteiger partial charge in [-0.3, -0.25) is 0 Å². The van der Waals surface area contributed by atoms with Crippen molar-refractivity contribution < 1.29 is 40.5 Å². The average Bonchev–Trinajstić information content (AvgIpc) is 2.25. The fraction of sp³-hybridized carbons (Fsp3) is 0.562. The van der Waals surface area contributed by atoms with E-state index in [1.165, 1.54) is 0 Å². The van der Waals surface area contributed by atoms with Crippen molar-refractivity contribution >= 4 is 23.0 Å². The summed E-state index contributed by atoms with van der Waals surface area (Å²) in [6, 6.07) is 9.19. The predicted molar refractivity (Wildman–Crippen MR) is 85.8 cm³/mol. The number of ether oxygens (including phenoxy) is 1. The fourth-order valence-corrected chi connectivity index (χ4v) is 3.11. The molecule has 5 heteroatoms. The summed E-state index contributed by atoms with van der Waals surface area (Å²) >= 11 is 0. The summed E-state index contributed by atoms with van der Waals surface area (Å²) < 4.78 is 5.67. The van der Waals surface area contributed by atoms with Crippen LogP contribution in [-0.4, -0.2) is 40.2 Å². The number of hydrogen-bond donors (Lipinski definition) is 1. The second-order valence-electron chi connectivity index (χ2n) is 6.69. The van der Waals surface area contributed by atoms with E-state index < -0.39 is 0 Å². The third kappa shape index (κ3) is 6.43. The molecule has 1 heterocycles. The topological polar surface area (TPSA) is 38.3 Å². The van der Waals surface area contributed by atoms with E-state index in [0.717, 1.165) is 12.8 Å². The number of esters is 1. The van der Waals surface area contributed by atoms with E-state index in [1.807, 2.05) is 18.2 Å². The van der Waals surface area contributed by atoms with E-state index in [4.69, 9.17) is 4.74 Å². The first kappa shape index (κ1) is 21.2. The molecular formula is C16H26NNaO2Se. The third-order valence-corrected chi connectivity index (χ3v) is 3.44. The van der Waals surface area contributed by atoms with Crippen molar-refractivity contribution in [1.29, 1.82) is 0 Å². The molecule has 0 saturated carbocycles. The monoisotopic (exact) mass is 367 g/mol. The molecule has 114 valence electrons. The van der Waals surface area contributed by atoms with Gasteiger partial charge in [-0.2, -0.15) is 0 Å². The Morgan fingerprint density at radius 3 is 2.10 bits per heavy atom. The molecule has 1 fully saturated rings. The molecule has 0 amide bonds. The number of hydrogen-bond acceptors (Lipinski definition) is 3. The van der Waals surface area contributed by atoms with E-state index in [9.17, 15) is 4.79 Å². The molecule has 0 unspecified atom stereocenters. The van der Waals surface area contributed by atoms with Gasteiger partial charge in [-0.05, 0) is 39.8 Å². The predicted octanol–water partition coefficient (Wildman–Crippen LogP) is -0.647. The Kier molecular flexibility index (Phi) is 8.21. The minimum atomic E-state index is -0.223. The van der Waals surface area contributed by atoms with Gasteiger partial charge in [-0.1, -0.05) is 18.2 Å². The molecule has 0 aromatic heterocycles. The summed E-state index contributed by atoms with van der Waals surface area (Å²) in [5, 5.41) is 3.58. The molecule has 0 spiro atoms. The normalized spacial score (nSPS) is 19.8. The van der Waals surface area contributed by atoms with Gasteiger partial charge in [-0.15, -0.1) is 0 Å². The van der Waals surface area contributed by atoms with Crippen LogP contribution in [0.2, 0.25) is 0 Å². The molecule has 1 saturated heterocycles. The number of carbonyl (C=O) groups excluding carboxylic acids is 1. The Hall–Kier alpha value is 0.169. The van der Waals surface area contributed by atoms with E-state index >= 15 is 0 Å². The SMILES string of the molecule is CC1(C)CC(OC(=O)c2ccccc2)CC(C)(C)N1.[H-].[Na+].[SeH2]. The van der Waals surface area contributed by atoms with Crippen LogP contribution in [0.5, 0.6) is 0 Å². The maximum atomic E-state index is 12.1. The molecule has 0 aliphatic carbocycles. The van der Waals surface area contributed by atoms with Crippen LogP contribution >= 0.6 is 0 Å². The van der Waals surface area contributed by atoms with Crippen molar-refractivity contribution in [3.63, 3.8) is 0 Å². The number of rotatable bonds is 2. The molecule has 21 heavy (non-hydrogen) atoms. The van der Waals surface area contributed by atoms with Crippen molar-refractivity contribution in [2.24, 2.45) is 0 Å². The Morgan fingerprint density at radius 2 is 1.62 bits per heavy atom. The molecule has 3 nitrogen and oxygen atoms in total. The molecule has 1 aliphatic heterocycles. The molecule has 1 aliphatic rings. The summed E-state index contributed by atoms with van der Waals surface area (Å²) in [7, 11) is 0. The van der Waals surface area contributed by atoms with Gasteiger partial charge in [0.2, 0.25) is 0 Å². The van der Waals surface area contributed by atoms with Crippen LogP contribution in [0.4, 0.5) is 0 Å². The van der Waals surface area contributed by atoms with Crippen LogP contribution in [0.3, 0.4) is 0 Å². The van der Waals surface area contributed by atoms with Crippen molar-refractivity contribution in [2.45, 2.75) is 57.7 Å². The Balaban J connectivity index is 0. The van der Waals surface area contributed by atoms with E-state index in [-0.39, 0.29) is 71.2 Å². The number of benzene rings is 1. The van der Waals surface area contributed by atoms with Crippen LogP contribution in [0.25, 0.3) is 0 Å². The summed E-state index contributed by atoms with van der Waals surface area (Å²) in [6.07, 6.45) is 1.66. The van der Waals surface area contributed by atoms with Crippen molar-refractivity contribution in [3.05, 3.63) is 35.9 Å². The second-order valence-corrected chi connectivity index (χ2v) is 6.69. The number of piperidine rings is 1. The number of nitrogens with one attached hydrogen (secondary N) is 1. The first-order valence-corrected chi connectivity index (χ1v) is 6.83. The standard InChI is InChI=1S/C16H23NO2.Na.H2Se.H/c1-15(2)10-13(11-16(3,4)17-15)19-14(18)12-8-6-5-7-9-12;;;/h5-9,13,17H,10-11H2,1-4H3;;1H2;/q;+1;;-1. The first-order chi connectivity index (χ1) is 8.77. The summed E-state index contributed by atoms with van der Waals surface area (Å²) in [5.74, 6) is -0.223. The Labute approximate surface area is 161 Å². The van der Waals surface area contributed by atoms with Crippen LogP contribution in [0.1, 0.15) is 52.3 Å². The van der Waals surface area contributed by atoms with Gasteiger partial charge in [0.1, 0.15) is 6.10 Å². The number of carbonyl (C=O) groups is 1. The van der Waals surface area contributed by atoms with Gasteiger partial charge in [0.25, 0.3) is 0 Å². The van der Waals surface area contributed by atoms with Gasteiger partial charge in [-0.25, -0.2) is 4.79 Å². The van der Waals surface area contributed by atoms with E-state index in [2.05, 4.69) is 33.0 Å². The maximum absolute atomic E-state index is 12.1. The Bertz CT molecular complexity index is 452. The van der Waals surface area contributed by atoms with Crippen LogP contribution < -0.4 is 34.9 Å². The second kappa shape index (κ2) is 8.14. The van der Waals surface area contributed by atoms with Crippen LogP contribution in [-0.2, 0) is 4.74 Å². The average molecular weight is 366 g/mol. The minimum absolute atomic E-state index is 0. The van der Waals surface area contributed by atoms with Crippen LogP contribution in [0, 0.1) is 0 Å². The van der Waals surface area contributed by atoms with Gasteiger partial charge in [0.05, 0.1) is 5.56 Å². The van der Waals surface area contributed by atoms with Crippen molar-refractivity contribution in [3.8, 4) is 0 Å². The van der Waals surface area contributed by atoms with Gasteiger partial charge >= 0.3 is 52.6 Å². The van der Waals surface area contributed by atoms with Crippen molar-refractivity contribution in [2.75, 3.05) is 0 Å². The summed E-state index contributed by atoms with van der Waals surface area (Å²) in [4.78, 5) is 12.1. The summed E-state index contributed by atoms with van der Waals surface area (Å²) in [6.45, 7) is 8.60. The molecule has 1 aromatic rings. The molecule has 0 atom stereocenters. The molecule has 1 aromatic carbocycles.